The van der Waals surface area contributed by atoms with Crippen molar-refractivity contribution in [2.75, 3.05) is 6.61 Å². The summed E-state index contributed by atoms with van der Waals surface area (Å²) < 4.78 is 69.9. The van der Waals surface area contributed by atoms with E-state index >= 15 is 0 Å². The Balaban J connectivity index is 1.79. The van der Waals surface area contributed by atoms with E-state index in [4.69, 9.17) is 4.18 Å². The van der Waals surface area contributed by atoms with Crippen LogP contribution in [-0.4, -0.2) is 20.8 Å². The van der Waals surface area contributed by atoms with Crippen molar-refractivity contribution >= 4 is 15.9 Å². The Labute approximate surface area is 180 Å². The summed E-state index contributed by atoms with van der Waals surface area (Å²) in [5.41, 5.74) is 0.763. The Kier molecular flexibility index (Phi) is 7.21. The highest BCUT2D eigenvalue weighted by Crippen LogP contribution is 2.38. The number of carbonyl (C=O) groups excluding carboxylic acids is 1. The van der Waals surface area contributed by atoms with Crippen LogP contribution in [0.2, 0.25) is 0 Å². The van der Waals surface area contributed by atoms with Gasteiger partial charge in [0.2, 0.25) is 0 Å². The fourth-order valence-electron chi connectivity index (χ4n) is 3.97. The molecule has 1 aliphatic rings. The number of halogens is 3. The molecule has 1 atom stereocenters. The highest BCUT2D eigenvalue weighted by molar-refractivity contribution is 7.85. The molecule has 0 fully saturated rings. The zero-order valence-electron chi connectivity index (χ0n) is 17.2. The first kappa shape index (κ1) is 23.5. The van der Waals surface area contributed by atoms with Crippen molar-refractivity contribution in [1.82, 2.24) is 0 Å². The van der Waals surface area contributed by atoms with Gasteiger partial charge in [-0.15, -0.1) is 0 Å². The molecule has 0 aromatic heterocycles. The molecule has 8 heteroatoms. The van der Waals surface area contributed by atoms with Crippen molar-refractivity contribution < 1.29 is 30.6 Å². The summed E-state index contributed by atoms with van der Waals surface area (Å²) in [6, 6.07) is 10.7. The minimum absolute atomic E-state index is 0.192. The second-order valence-corrected chi connectivity index (χ2v) is 9.40. The highest BCUT2D eigenvalue weighted by atomic mass is 32.2. The van der Waals surface area contributed by atoms with Gasteiger partial charge in [0.25, 0.3) is 10.1 Å². The van der Waals surface area contributed by atoms with Crippen molar-refractivity contribution in [2.45, 2.75) is 51.0 Å². The number of ketones is 1. The highest BCUT2D eigenvalue weighted by Gasteiger charge is 2.36. The molecular weight excluding hydrogens is 429 g/mol. The van der Waals surface area contributed by atoms with E-state index in [1.807, 2.05) is 0 Å². The van der Waals surface area contributed by atoms with Gasteiger partial charge >= 0.3 is 6.18 Å². The second-order valence-electron chi connectivity index (χ2n) is 7.76. The number of hydrogen-bond acceptors (Lipinski definition) is 4. The predicted octanol–water partition coefficient (Wildman–Crippen LogP) is 5.34. The number of carbonyl (C=O) groups is 1. The Morgan fingerprint density at radius 1 is 1.03 bits per heavy atom. The lowest BCUT2D eigenvalue weighted by Gasteiger charge is -2.25. The third-order valence-electron chi connectivity index (χ3n) is 5.60. The van der Waals surface area contributed by atoms with Gasteiger partial charge in [-0.3, -0.25) is 8.98 Å². The number of rotatable bonds is 8. The van der Waals surface area contributed by atoms with Crippen LogP contribution in [-0.2, 0) is 39.1 Å². The molecule has 4 nitrogen and oxygen atoms in total. The second kappa shape index (κ2) is 9.53. The first-order valence-corrected chi connectivity index (χ1v) is 11.9. The Morgan fingerprint density at radius 3 is 2.29 bits per heavy atom. The molecule has 0 amide bonds. The van der Waals surface area contributed by atoms with Gasteiger partial charge in [0.15, 0.2) is 5.78 Å². The van der Waals surface area contributed by atoms with Crippen LogP contribution in [0, 0.1) is 5.92 Å². The fourth-order valence-corrected chi connectivity index (χ4v) is 5.02. The summed E-state index contributed by atoms with van der Waals surface area (Å²) in [6.45, 7) is 1.40. The molecule has 1 aliphatic carbocycles. The van der Waals surface area contributed by atoms with Crippen LogP contribution in [0.4, 0.5) is 13.2 Å². The Bertz CT molecular complexity index is 1030. The van der Waals surface area contributed by atoms with Gasteiger partial charge in [-0.25, -0.2) is 0 Å². The molecular formula is C23H25F3O4S. The van der Waals surface area contributed by atoms with Gasteiger partial charge in [0.05, 0.1) is 12.2 Å². The number of benzene rings is 2. The molecule has 168 valence electrons. The number of Topliss-reactive ketones (excluding diaryl/α,β-unsaturated/α-hetero) is 1. The summed E-state index contributed by atoms with van der Waals surface area (Å²) in [5.74, 6) is -1.44. The van der Waals surface area contributed by atoms with Crippen LogP contribution in [0.1, 0.15) is 58.8 Å². The monoisotopic (exact) mass is 454 g/mol. The van der Waals surface area contributed by atoms with E-state index in [1.54, 1.807) is 37.3 Å². The Hall–Kier alpha value is -2.19. The topological polar surface area (TPSA) is 60.4 Å². The molecule has 1 unspecified atom stereocenters. The van der Waals surface area contributed by atoms with Gasteiger partial charge in [0.1, 0.15) is 5.75 Å². The van der Waals surface area contributed by atoms with E-state index in [0.717, 1.165) is 6.07 Å². The first-order valence-electron chi connectivity index (χ1n) is 10.3. The third kappa shape index (κ3) is 5.74. The van der Waals surface area contributed by atoms with E-state index in [0.29, 0.717) is 36.8 Å². The van der Waals surface area contributed by atoms with Crippen molar-refractivity contribution in [1.29, 1.82) is 0 Å². The van der Waals surface area contributed by atoms with E-state index < -0.39 is 27.8 Å². The average molecular weight is 455 g/mol. The minimum Gasteiger partial charge on any atom is -0.294 e. The quantitative estimate of drug-likeness (QED) is 0.399. The SMILES string of the molecule is CCC(COS(=O)(=O)Cc1ccccc1)C(=O)c1ccc(C(F)(F)F)c2c1CCCC2. The molecule has 0 heterocycles. The largest absolute Gasteiger partial charge is 0.416 e. The van der Waals surface area contributed by atoms with Gasteiger partial charge in [-0.05, 0) is 54.9 Å². The van der Waals surface area contributed by atoms with Crippen molar-refractivity contribution in [3.8, 4) is 0 Å². The summed E-state index contributed by atoms with van der Waals surface area (Å²) >= 11 is 0. The summed E-state index contributed by atoms with van der Waals surface area (Å²) in [6.07, 6.45) is -2.11. The third-order valence-corrected chi connectivity index (χ3v) is 6.79. The zero-order chi connectivity index (χ0) is 22.6. The van der Waals surface area contributed by atoms with Crippen molar-refractivity contribution in [3.63, 3.8) is 0 Å². The molecule has 0 saturated carbocycles. The summed E-state index contributed by atoms with van der Waals surface area (Å²) in [5, 5.41) is 0. The zero-order valence-corrected chi connectivity index (χ0v) is 18.1. The van der Waals surface area contributed by atoms with Crippen LogP contribution in [0.3, 0.4) is 0 Å². The maximum Gasteiger partial charge on any atom is 0.416 e. The maximum absolute atomic E-state index is 13.4. The first-order chi connectivity index (χ1) is 14.6. The van der Waals surface area contributed by atoms with E-state index in [1.165, 1.54) is 6.07 Å². The summed E-state index contributed by atoms with van der Waals surface area (Å²) in [7, 11) is -3.90. The van der Waals surface area contributed by atoms with Crippen molar-refractivity contribution in [3.05, 3.63) is 70.3 Å². The van der Waals surface area contributed by atoms with Gasteiger partial charge in [0, 0.05) is 11.5 Å². The minimum atomic E-state index is -4.47. The Morgan fingerprint density at radius 2 is 1.68 bits per heavy atom. The van der Waals surface area contributed by atoms with Crippen LogP contribution in [0.25, 0.3) is 0 Å². The van der Waals surface area contributed by atoms with Gasteiger partial charge in [-0.2, -0.15) is 21.6 Å². The van der Waals surface area contributed by atoms with Crippen molar-refractivity contribution in [2.24, 2.45) is 5.92 Å². The molecule has 3 rings (SSSR count). The van der Waals surface area contributed by atoms with E-state index in [2.05, 4.69) is 0 Å². The molecule has 0 N–H and O–H groups in total. The molecule has 0 aliphatic heterocycles. The molecule has 0 bridgehead atoms. The van der Waals surface area contributed by atoms with E-state index in [-0.39, 0.29) is 35.7 Å². The maximum atomic E-state index is 13.4. The molecule has 0 radical (unpaired) electrons. The van der Waals surface area contributed by atoms with Crippen LogP contribution < -0.4 is 0 Å². The standard InChI is InChI=1S/C23H25F3O4S/c1-2-17(14-30-31(28,29)15-16-8-4-3-5-9-16)22(27)20-12-13-21(23(24,25)26)19-11-7-6-10-18(19)20/h3-5,8-9,12-13,17H,2,6-7,10-11,14-15H2,1H3. The molecule has 31 heavy (non-hydrogen) atoms. The number of fused-ring (bicyclic) bond motifs is 1. The summed E-state index contributed by atoms with van der Waals surface area (Å²) in [4.78, 5) is 13.1. The smallest absolute Gasteiger partial charge is 0.294 e. The lowest BCUT2D eigenvalue weighted by Crippen LogP contribution is -2.25. The average Bonchev–Trinajstić information content (AvgIpc) is 2.72. The lowest BCUT2D eigenvalue weighted by molar-refractivity contribution is -0.138. The molecule has 2 aromatic rings. The van der Waals surface area contributed by atoms with Gasteiger partial charge in [-0.1, -0.05) is 43.3 Å². The molecule has 2 aromatic carbocycles. The normalized spacial score (nSPS) is 15.4. The van der Waals surface area contributed by atoms with E-state index in [9.17, 15) is 26.4 Å². The molecule has 0 spiro atoms. The number of hydrogen-bond donors (Lipinski definition) is 0. The van der Waals surface area contributed by atoms with Crippen LogP contribution >= 0.6 is 0 Å². The lowest BCUT2D eigenvalue weighted by atomic mass is 9.81. The van der Waals surface area contributed by atoms with Gasteiger partial charge < -0.3 is 0 Å². The number of alkyl halides is 3. The fraction of sp³-hybridized carbons (Fsp3) is 0.435. The molecule has 0 saturated heterocycles. The van der Waals surface area contributed by atoms with Crippen LogP contribution in [0.5, 0.6) is 0 Å². The predicted molar refractivity (Wildman–Crippen MR) is 111 cm³/mol. The van der Waals surface area contributed by atoms with Crippen LogP contribution in [0.15, 0.2) is 42.5 Å².